The molecule has 178 valence electrons. The van der Waals surface area contributed by atoms with Crippen molar-refractivity contribution < 1.29 is 9.59 Å². The van der Waals surface area contributed by atoms with E-state index in [9.17, 15) is 9.59 Å². The maximum atomic E-state index is 12.7. The van der Waals surface area contributed by atoms with E-state index in [0.717, 1.165) is 36.7 Å². The van der Waals surface area contributed by atoms with Crippen LogP contribution in [0.2, 0.25) is 5.02 Å². The van der Waals surface area contributed by atoms with Crippen molar-refractivity contribution in [3.05, 3.63) is 94.6 Å². The monoisotopic (exact) mass is 486 g/mol. The van der Waals surface area contributed by atoms with E-state index >= 15 is 0 Å². The molecular weight excluding hydrogens is 460 g/mol. The van der Waals surface area contributed by atoms with E-state index in [1.165, 1.54) is 24.8 Å². The second kappa shape index (κ2) is 10.3. The average molecular weight is 487 g/mol. The van der Waals surface area contributed by atoms with Gasteiger partial charge in [0.2, 0.25) is 0 Å². The normalized spacial score (nSPS) is 17.1. The number of benzene rings is 3. The van der Waals surface area contributed by atoms with Gasteiger partial charge in [-0.1, -0.05) is 30.2 Å². The van der Waals surface area contributed by atoms with Crippen LogP contribution >= 0.6 is 11.6 Å². The Kier molecular flexibility index (Phi) is 6.84. The number of carbonyl (C=O) groups excluding carboxylic acids is 2. The zero-order valence-corrected chi connectivity index (χ0v) is 20.1. The standard InChI is InChI=1S/C28H27ClN4O2/c29-20-6-10-22(11-7-20)31-23-12-13-24-25(16-23)26(28(35)32-27(24)34)17-30-21-8-4-19(5-9-21)18-33-14-2-1-3-15-33/h4-13,16-17,30-31H,1-3,14-15,18H2,(H,32,34,35). The van der Waals surface area contributed by atoms with Crippen LogP contribution in [-0.2, 0) is 11.3 Å². The molecule has 2 heterocycles. The largest absolute Gasteiger partial charge is 0.361 e. The van der Waals surface area contributed by atoms with Gasteiger partial charge in [0.05, 0.1) is 5.57 Å². The van der Waals surface area contributed by atoms with E-state index in [4.69, 9.17) is 11.6 Å². The second-order valence-electron chi connectivity index (χ2n) is 8.91. The third-order valence-corrected chi connectivity index (χ3v) is 6.60. The number of halogens is 1. The van der Waals surface area contributed by atoms with E-state index < -0.39 is 11.8 Å². The molecule has 0 unspecified atom stereocenters. The van der Waals surface area contributed by atoms with Gasteiger partial charge in [-0.2, -0.15) is 0 Å². The number of imide groups is 1. The average Bonchev–Trinajstić information content (AvgIpc) is 2.87. The van der Waals surface area contributed by atoms with Crippen LogP contribution in [-0.4, -0.2) is 29.8 Å². The summed E-state index contributed by atoms with van der Waals surface area (Å²) in [6.07, 6.45) is 5.54. The smallest absolute Gasteiger partial charge is 0.260 e. The van der Waals surface area contributed by atoms with E-state index in [-0.39, 0.29) is 0 Å². The Morgan fingerprint density at radius 3 is 2.23 bits per heavy atom. The fraction of sp³-hybridized carbons (Fsp3) is 0.214. The van der Waals surface area contributed by atoms with Crippen LogP contribution in [0.25, 0.3) is 5.57 Å². The molecule has 1 saturated heterocycles. The topological polar surface area (TPSA) is 73.5 Å². The van der Waals surface area contributed by atoms with Gasteiger partial charge in [-0.05, 0) is 86.1 Å². The Bertz CT molecular complexity index is 1260. The first kappa shape index (κ1) is 23.1. The van der Waals surface area contributed by atoms with E-state index in [0.29, 0.717) is 21.7 Å². The summed E-state index contributed by atoms with van der Waals surface area (Å²) < 4.78 is 0. The second-order valence-corrected chi connectivity index (χ2v) is 9.35. The summed E-state index contributed by atoms with van der Waals surface area (Å²) in [5, 5.41) is 9.59. The van der Waals surface area contributed by atoms with Gasteiger partial charge in [-0.3, -0.25) is 19.8 Å². The fourth-order valence-electron chi connectivity index (χ4n) is 4.48. The molecule has 0 radical (unpaired) electrons. The summed E-state index contributed by atoms with van der Waals surface area (Å²) in [4.78, 5) is 27.6. The highest BCUT2D eigenvalue weighted by Gasteiger charge is 2.27. The van der Waals surface area contributed by atoms with Crippen molar-refractivity contribution in [2.24, 2.45) is 0 Å². The van der Waals surface area contributed by atoms with Crippen molar-refractivity contribution in [2.75, 3.05) is 23.7 Å². The number of rotatable bonds is 6. The molecule has 3 aromatic rings. The third kappa shape index (κ3) is 5.56. The molecule has 3 aromatic carbocycles. The number of anilines is 3. The summed E-state index contributed by atoms with van der Waals surface area (Å²) >= 11 is 5.97. The zero-order chi connectivity index (χ0) is 24.2. The minimum absolute atomic E-state index is 0.400. The molecular formula is C28H27ClN4O2. The van der Waals surface area contributed by atoms with Gasteiger partial charge in [0.1, 0.15) is 0 Å². The first-order chi connectivity index (χ1) is 17.0. The fourth-order valence-corrected chi connectivity index (χ4v) is 4.61. The molecule has 5 rings (SSSR count). The highest BCUT2D eigenvalue weighted by atomic mass is 35.5. The molecule has 0 aliphatic carbocycles. The van der Waals surface area contributed by atoms with E-state index in [1.54, 1.807) is 24.4 Å². The molecule has 2 aliphatic heterocycles. The molecule has 7 heteroatoms. The summed E-state index contributed by atoms with van der Waals surface area (Å²) in [5.74, 6) is -0.831. The van der Waals surface area contributed by atoms with E-state index in [2.05, 4.69) is 33.0 Å². The molecule has 1 fully saturated rings. The van der Waals surface area contributed by atoms with Gasteiger partial charge < -0.3 is 10.6 Å². The predicted octanol–water partition coefficient (Wildman–Crippen LogP) is 5.79. The van der Waals surface area contributed by atoms with Crippen LogP contribution in [0.1, 0.15) is 40.7 Å². The number of amides is 2. The summed E-state index contributed by atoms with van der Waals surface area (Å²) in [6.45, 7) is 3.28. The number of nitrogens with zero attached hydrogens (tertiary/aromatic N) is 1. The lowest BCUT2D eigenvalue weighted by Crippen LogP contribution is -2.36. The highest BCUT2D eigenvalue weighted by Crippen LogP contribution is 2.29. The lowest BCUT2D eigenvalue weighted by atomic mass is 9.94. The lowest BCUT2D eigenvalue weighted by molar-refractivity contribution is -0.114. The van der Waals surface area contributed by atoms with Crippen molar-refractivity contribution in [3.63, 3.8) is 0 Å². The minimum Gasteiger partial charge on any atom is -0.361 e. The van der Waals surface area contributed by atoms with Gasteiger partial charge in [-0.25, -0.2) is 0 Å². The van der Waals surface area contributed by atoms with Crippen molar-refractivity contribution >= 4 is 46.1 Å². The number of piperidine rings is 1. The first-order valence-corrected chi connectivity index (χ1v) is 12.2. The van der Waals surface area contributed by atoms with Crippen molar-refractivity contribution in [3.8, 4) is 0 Å². The van der Waals surface area contributed by atoms with Gasteiger partial charge in [0.15, 0.2) is 0 Å². The van der Waals surface area contributed by atoms with Crippen molar-refractivity contribution in [1.29, 1.82) is 0 Å². The SMILES string of the molecule is O=C1NC(=O)c2ccc(Nc3ccc(Cl)cc3)cc2C1=CNc1ccc(CN2CCCCC2)cc1. The predicted molar refractivity (Wildman–Crippen MR) is 141 cm³/mol. The molecule has 35 heavy (non-hydrogen) atoms. The molecule has 0 aromatic heterocycles. The highest BCUT2D eigenvalue weighted by molar-refractivity contribution is 6.31. The van der Waals surface area contributed by atoms with Gasteiger partial charge in [0.25, 0.3) is 11.8 Å². The summed E-state index contributed by atoms with van der Waals surface area (Å²) in [5.41, 5.74) is 5.20. The molecule has 0 atom stereocenters. The molecule has 0 bridgehead atoms. The molecule has 3 N–H and O–H groups in total. The quantitative estimate of drug-likeness (QED) is 0.303. The summed E-state index contributed by atoms with van der Waals surface area (Å²) in [7, 11) is 0. The molecule has 2 amide bonds. The molecule has 6 nitrogen and oxygen atoms in total. The van der Waals surface area contributed by atoms with Crippen LogP contribution < -0.4 is 16.0 Å². The molecule has 2 aliphatic rings. The molecule has 0 saturated carbocycles. The Hall–Kier alpha value is -3.61. The van der Waals surface area contributed by atoms with Crippen LogP contribution in [0.15, 0.2) is 72.9 Å². The number of hydrogen-bond donors (Lipinski definition) is 3. The Labute approximate surface area is 210 Å². The van der Waals surface area contributed by atoms with E-state index in [1.807, 2.05) is 36.4 Å². The maximum absolute atomic E-state index is 12.7. The Balaban J connectivity index is 1.34. The number of carbonyl (C=O) groups is 2. The Morgan fingerprint density at radius 2 is 1.49 bits per heavy atom. The van der Waals surface area contributed by atoms with Gasteiger partial charge in [-0.15, -0.1) is 0 Å². The number of likely N-dealkylation sites (tertiary alicyclic amines) is 1. The first-order valence-electron chi connectivity index (χ1n) is 11.9. The number of fused-ring (bicyclic) bond motifs is 1. The number of hydrogen-bond acceptors (Lipinski definition) is 5. The van der Waals surface area contributed by atoms with Crippen molar-refractivity contribution in [1.82, 2.24) is 10.2 Å². The van der Waals surface area contributed by atoms with Crippen LogP contribution in [0.3, 0.4) is 0 Å². The Morgan fingerprint density at radius 1 is 0.800 bits per heavy atom. The van der Waals surface area contributed by atoms with Crippen LogP contribution in [0.4, 0.5) is 17.1 Å². The van der Waals surface area contributed by atoms with Gasteiger partial charge in [0, 0.05) is 46.0 Å². The lowest BCUT2D eigenvalue weighted by Gasteiger charge is -2.26. The molecule has 0 spiro atoms. The summed E-state index contributed by atoms with van der Waals surface area (Å²) in [6, 6.07) is 20.9. The van der Waals surface area contributed by atoms with Gasteiger partial charge >= 0.3 is 0 Å². The van der Waals surface area contributed by atoms with Crippen LogP contribution in [0, 0.1) is 0 Å². The maximum Gasteiger partial charge on any atom is 0.260 e. The van der Waals surface area contributed by atoms with Crippen molar-refractivity contribution in [2.45, 2.75) is 25.8 Å². The third-order valence-electron chi connectivity index (χ3n) is 6.35. The van der Waals surface area contributed by atoms with Crippen LogP contribution in [0.5, 0.6) is 0 Å². The number of nitrogens with one attached hydrogen (secondary N) is 3. The zero-order valence-electron chi connectivity index (χ0n) is 19.3. The minimum atomic E-state index is -0.430.